The summed E-state index contributed by atoms with van der Waals surface area (Å²) in [6.45, 7) is 0. The van der Waals surface area contributed by atoms with E-state index in [-0.39, 0.29) is 5.78 Å². The number of rotatable bonds is 2. The molecule has 0 fully saturated rings. The van der Waals surface area contributed by atoms with Crippen molar-refractivity contribution in [2.75, 3.05) is 0 Å². The second-order valence-electron chi connectivity index (χ2n) is 3.83. The highest BCUT2D eigenvalue weighted by Gasteiger charge is 2.16. The first kappa shape index (κ1) is 11.6. The van der Waals surface area contributed by atoms with Gasteiger partial charge in [0.15, 0.2) is 0 Å². The fourth-order valence-corrected chi connectivity index (χ4v) is 3.40. The maximum atomic E-state index is 12.5. The van der Waals surface area contributed by atoms with Crippen LogP contribution in [0.25, 0.3) is 10.8 Å². The average molecular weight is 318 g/mol. The van der Waals surface area contributed by atoms with E-state index in [0.29, 0.717) is 0 Å². The van der Waals surface area contributed by atoms with Crippen LogP contribution in [0.3, 0.4) is 0 Å². The summed E-state index contributed by atoms with van der Waals surface area (Å²) < 4.78 is 0.851. The number of benzene rings is 1. The maximum absolute atomic E-state index is 12.5. The molecular weight excluding hydrogens is 310 g/mol. The lowest BCUT2D eigenvalue weighted by molar-refractivity contribution is 0.104. The average Bonchev–Trinajstić information content (AvgIpc) is 2.83. The molecule has 0 amide bonds. The number of fused-ring (bicyclic) bond motifs is 1. The fraction of sp³-hybridized carbons (Fsp3) is 0. The molecule has 2 aromatic heterocycles. The van der Waals surface area contributed by atoms with Crippen LogP contribution in [0.4, 0.5) is 0 Å². The van der Waals surface area contributed by atoms with E-state index in [1.807, 2.05) is 35.7 Å². The van der Waals surface area contributed by atoms with Crippen LogP contribution in [0.15, 0.2) is 52.6 Å². The molecule has 0 aliphatic carbocycles. The highest BCUT2D eigenvalue weighted by atomic mass is 79.9. The summed E-state index contributed by atoms with van der Waals surface area (Å²) in [5.74, 6) is 0.0497. The Labute approximate surface area is 116 Å². The van der Waals surface area contributed by atoms with Gasteiger partial charge in [0.25, 0.3) is 0 Å². The van der Waals surface area contributed by atoms with Crippen LogP contribution < -0.4 is 0 Å². The van der Waals surface area contributed by atoms with Gasteiger partial charge in [0, 0.05) is 27.8 Å². The Kier molecular flexibility index (Phi) is 2.97. The van der Waals surface area contributed by atoms with Gasteiger partial charge < -0.3 is 0 Å². The summed E-state index contributed by atoms with van der Waals surface area (Å²) in [5.41, 5.74) is 0.720. The van der Waals surface area contributed by atoms with E-state index in [9.17, 15) is 4.79 Å². The second kappa shape index (κ2) is 4.63. The van der Waals surface area contributed by atoms with Crippen LogP contribution in [0.5, 0.6) is 0 Å². The van der Waals surface area contributed by atoms with E-state index in [1.54, 1.807) is 12.4 Å². The summed E-state index contributed by atoms with van der Waals surface area (Å²) in [6.07, 6.45) is 3.48. The minimum Gasteiger partial charge on any atom is -0.288 e. The Morgan fingerprint density at radius 2 is 2.11 bits per heavy atom. The predicted molar refractivity (Wildman–Crippen MR) is 77.2 cm³/mol. The van der Waals surface area contributed by atoms with Gasteiger partial charge in [0.1, 0.15) is 0 Å². The van der Waals surface area contributed by atoms with Gasteiger partial charge in [0.2, 0.25) is 5.78 Å². The van der Waals surface area contributed by atoms with Crippen LogP contribution in [-0.4, -0.2) is 10.8 Å². The molecule has 0 bridgehead atoms. The lowest BCUT2D eigenvalue weighted by atomic mass is 10.0. The van der Waals surface area contributed by atoms with E-state index in [0.717, 1.165) is 25.7 Å². The molecule has 4 heteroatoms. The molecule has 0 atom stereocenters. The minimum absolute atomic E-state index is 0.0497. The van der Waals surface area contributed by atoms with Crippen molar-refractivity contribution in [3.63, 3.8) is 0 Å². The number of carbonyl (C=O) groups excluding carboxylic acids is 1. The van der Waals surface area contributed by atoms with Crippen molar-refractivity contribution in [1.82, 2.24) is 4.98 Å². The van der Waals surface area contributed by atoms with Gasteiger partial charge in [-0.05, 0) is 38.8 Å². The number of aromatic nitrogens is 1. The Balaban J connectivity index is 2.21. The molecule has 2 heterocycles. The Bertz CT molecular complexity index is 730. The number of hydrogen-bond donors (Lipinski definition) is 0. The Hall–Kier alpha value is -1.52. The van der Waals surface area contributed by atoms with Gasteiger partial charge >= 0.3 is 0 Å². The van der Waals surface area contributed by atoms with E-state index in [4.69, 9.17) is 0 Å². The SMILES string of the molecule is O=C(c1sccc1Br)c1cccc2cnccc12. The lowest BCUT2D eigenvalue weighted by Crippen LogP contribution is -2.00. The highest BCUT2D eigenvalue weighted by Crippen LogP contribution is 2.28. The van der Waals surface area contributed by atoms with E-state index < -0.39 is 0 Å². The monoisotopic (exact) mass is 317 g/mol. The third kappa shape index (κ3) is 1.87. The van der Waals surface area contributed by atoms with Gasteiger partial charge in [-0.1, -0.05) is 18.2 Å². The van der Waals surface area contributed by atoms with Crippen molar-refractivity contribution >= 4 is 43.8 Å². The molecule has 0 aliphatic heterocycles. The minimum atomic E-state index is 0.0497. The molecule has 3 aromatic rings. The number of pyridine rings is 1. The molecule has 0 unspecified atom stereocenters. The van der Waals surface area contributed by atoms with Crippen molar-refractivity contribution in [1.29, 1.82) is 0 Å². The molecule has 18 heavy (non-hydrogen) atoms. The predicted octanol–water partition coefficient (Wildman–Crippen LogP) is 4.29. The summed E-state index contributed by atoms with van der Waals surface area (Å²) in [7, 11) is 0. The van der Waals surface area contributed by atoms with Crippen molar-refractivity contribution in [2.24, 2.45) is 0 Å². The zero-order chi connectivity index (χ0) is 12.5. The number of thiophene rings is 1. The molecule has 1 aromatic carbocycles. The van der Waals surface area contributed by atoms with Gasteiger partial charge in [-0.2, -0.15) is 0 Å². The normalized spacial score (nSPS) is 10.7. The van der Waals surface area contributed by atoms with Crippen molar-refractivity contribution < 1.29 is 4.79 Å². The third-order valence-corrected chi connectivity index (χ3v) is 4.59. The molecular formula is C14H8BrNOS. The number of halogens is 1. The summed E-state index contributed by atoms with van der Waals surface area (Å²) in [4.78, 5) is 17.3. The molecule has 0 radical (unpaired) electrons. The van der Waals surface area contributed by atoms with Crippen LogP contribution in [-0.2, 0) is 0 Å². The largest absolute Gasteiger partial charge is 0.288 e. The van der Waals surface area contributed by atoms with Crippen LogP contribution in [0.2, 0.25) is 0 Å². The van der Waals surface area contributed by atoms with Gasteiger partial charge in [0.05, 0.1) is 4.88 Å². The number of hydrogen-bond acceptors (Lipinski definition) is 3. The number of ketones is 1. The van der Waals surface area contributed by atoms with Gasteiger partial charge in [-0.3, -0.25) is 9.78 Å². The summed E-state index contributed by atoms with van der Waals surface area (Å²) >= 11 is 4.85. The van der Waals surface area contributed by atoms with E-state index in [1.165, 1.54) is 11.3 Å². The molecule has 88 valence electrons. The lowest BCUT2D eigenvalue weighted by Gasteiger charge is -2.04. The molecule has 2 nitrogen and oxygen atoms in total. The maximum Gasteiger partial charge on any atom is 0.204 e. The Morgan fingerprint density at radius 3 is 2.89 bits per heavy atom. The number of carbonyl (C=O) groups is 1. The molecule has 0 N–H and O–H groups in total. The zero-order valence-electron chi connectivity index (χ0n) is 9.26. The number of nitrogens with zero attached hydrogens (tertiary/aromatic N) is 1. The van der Waals surface area contributed by atoms with Crippen molar-refractivity contribution in [3.8, 4) is 0 Å². The summed E-state index contributed by atoms with van der Waals surface area (Å²) in [5, 5.41) is 3.83. The third-order valence-electron chi connectivity index (χ3n) is 2.75. The van der Waals surface area contributed by atoms with E-state index >= 15 is 0 Å². The van der Waals surface area contributed by atoms with Crippen LogP contribution >= 0.6 is 27.3 Å². The summed E-state index contributed by atoms with van der Waals surface area (Å²) in [6, 6.07) is 9.48. The quantitative estimate of drug-likeness (QED) is 0.660. The second-order valence-corrected chi connectivity index (χ2v) is 5.60. The standard InChI is InChI=1S/C14H8BrNOS/c15-12-5-7-18-14(12)13(17)11-3-1-2-9-8-16-6-4-10(9)11/h1-8H. The molecule has 3 rings (SSSR count). The van der Waals surface area contributed by atoms with E-state index in [2.05, 4.69) is 20.9 Å². The highest BCUT2D eigenvalue weighted by molar-refractivity contribution is 9.10. The molecule has 0 spiro atoms. The molecule has 0 saturated heterocycles. The van der Waals surface area contributed by atoms with Gasteiger partial charge in [-0.25, -0.2) is 0 Å². The van der Waals surface area contributed by atoms with Crippen LogP contribution in [0, 0.1) is 0 Å². The first-order valence-corrected chi connectivity index (χ1v) is 7.05. The van der Waals surface area contributed by atoms with Gasteiger partial charge in [-0.15, -0.1) is 11.3 Å². The Morgan fingerprint density at radius 1 is 1.22 bits per heavy atom. The molecule has 0 saturated carbocycles. The van der Waals surface area contributed by atoms with Crippen molar-refractivity contribution in [3.05, 3.63) is 63.0 Å². The smallest absolute Gasteiger partial charge is 0.204 e. The van der Waals surface area contributed by atoms with Crippen LogP contribution in [0.1, 0.15) is 15.2 Å². The van der Waals surface area contributed by atoms with Crippen molar-refractivity contribution in [2.45, 2.75) is 0 Å². The fourth-order valence-electron chi connectivity index (χ4n) is 1.90. The first-order chi connectivity index (χ1) is 8.77. The topological polar surface area (TPSA) is 30.0 Å². The molecule has 0 aliphatic rings. The first-order valence-electron chi connectivity index (χ1n) is 5.38. The zero-order valence-corrected chi connectivity index (χ0v) is 11.7.